The molecule has 0 aromatic heterocycles. The molecule has 0 fully saturated rings. The highest BCUT2D eigenvalue weighted by atomic mass is 16.5. The number of fused-ring (bicyclic) bond motifs is 1. The van der Waals surface area contributed by atoms with Crippen molar-refractivity contribution in [2.24, 2.45) is 0 Å². The van der Waals surface area contributed by atoms with E-state index >= 15 is 0 Å². The fourth-order valence-electron chi connectivity index (χ4n) is 2.50. The second kappa shape index (κ2) is 4.75. The van der Waals surface area contributed by atoms with E-state index in [2.05, 4.69) is 0 Å². The lowest BCUT2D eigenvalue weighted by Gasteiger charge is -2.30. The van der Waals surface area contributed by atoms with Crippen LogP contribution in [-0.4, -0.2) is 25.5 Å². The van der Waals surface area contributed by atoms with Crippen molar-refractivity contribution >= 4 is 0 Å². The molecule has 0 unspecified atom stereocenters. The largest absolute Gasteiger partial charge is 0.508 e. The zero-order valence-electron chi connectivity index (χ0n) is 10.9. The molecule has 0 spiro atoms. The van der Waals surface area contributed by atoms with Gasteiger partial charge in [0.15, 0.2) is 11.5 Å². The molecule has 0 saturated carbocycles. The quantitative estimate of drug-likeness (QED) is 0.514. The summed E-state index contributed by atoms with van der Waals surface area (Å²) in [6.07, 6.45) is -1.36. The van der Waals surface area contributed by atoms with E-state index in [1.54, 1.807) is 6.07 Å². The van der Waals surface area contributed by atoms with Crippen LogP contribution in [0.4, 0.5) is 0 Å². The van der Waals surface area contributed by atoms with E-state index < -0.39 is 12.2 Å². The third kappa shape index (κ3) is 2.30. The molecule has 6 heteroatoms. The van der Waals surface area contributed by atoms with E-state index in [1.807, 2.05) is 0 Å². The minimum Gasteiger partial charge on any atom is -0.508 e. The summed E-state index contributed by atoms with van der Waals surface area (Å²) in [4.78, 5) is 0. The Labute approximate surface area is 120 Å². The summed E-state index contributed by atoms with van der Waals surface area (Å²) in [7, 11) is 0. The van der Waals surface area contributed by atoms with Crippen molar-refractivity contribution in [3.8, 4) is 28.7 Å². The Hall–Kier alpha value is -2.60. The summed E-state index contributed by atoms with van der Waals surface area (Å²) in [5.74, 6) is -0.748. The maximum absolute atomic E-state index is 10.2. The highest BCUT2D eigenvalue weighted by Crippen LogP contribution is 2.47. The van der Waals surface area contributed by atoms with Gasteiger partial charge in [-0.05, 0) is 17.7 Å². The first-order chi connectivity index (χ1) is 9.95. The van der Waals surface area contributed by atoms with Gasteiger partial charge in [-0.2, -0.15) is 0 Å². The molecule has 2 aromatic carbocycles. The highest BCUT2D eigenvalue weighted by molar-refractivity contribution is 5.52. The second-order valence-corrected chi connectivity index (χ2v) is 4.98. The first kappa shape index (κ1) is 13.4. The maximum atomic E-state index is 10.2. The van der Waals surface area contributed by atoms with Crippen LogP contribution in [0.1, 0.15) is 29.8 Å². The van der Waals surface area contributed by atoms with Crippen LogP contribution in [0.15, 0.2) is 30.3 Å². The zero-order chi connectivity index (χ0) is 15.1. The summed E-state index contributed by atoms with van der Waals surface area (Å²) in [5, 5.41) is 48.3. The van der Waals surface area contributed by atoms with Gasteiger partial charge in [-0.3, -0.25) is 0 Å². The van der Waals surface area contributed by atoms with Crippen LogP contribution < -0.4 is 4.74 Å². The van der Waals surface area contributed by atoms with Crippen LogP contribution in [0, 0.1) is 0 Å². The van der Waals surface area contributed by atoms with Gasteiger partial charge in [0.1, 0.15) is 23.4 Å². The molecule has 0 bridgehead atoms. The Kier molecular flexibility index (Phi) is 3.03. The SMILES string of the molecule is Oc1cc(O)c2c(c1)O[C@H](c1ccc(O)c(O)c1)C[C@@H]2O. The molecule has 0 saturated heterocycles. The van der Waals surface area contributed by atoms with Crippen molar-refractivity contribution in [2.45, 2.75) is 18.6 Å². The van der Waals surface area contributed by atoms with Crippen LogP contribution >= 0.6 is 0 Å². The molecule has 5 N–H and O–H groups in total. The number of hydrogen-bond acceptors (Lipinski definition) is 6. The number of rotatable bonds is 1. The first-order valence-corrected chi connectivity index (χ1v) is 6.38. The van der Waals surface area contributed by atoms with Gasteiger partial charge >= 0.3 is 0 Å². The molecule has 2 atom stereocenters. The Bertz CT molecular complexity index is 697. The molecule has 0 radical (unpaired) electrons. The van der Waals surface area contributed by atoms with E-state index in [9.17, 15) is 25.5 Å². The molecule has 110 valence electrons. The molecule has 1 heterocycles. The van der Waals surface area contributed by atoms with Gasteiger partial charge < -0.3 is 30.3 Å². The molecule has 2 aromatic rings. The molecular weight excluding hydrogens is 276 g/mol. The van der Waals surface area contributed by atoms with E-state index in [-0.39, 0.29) is 40.7 Å². The fraction of sp³-hybridized carbons (Fsp3) is 0.200. The van der Waals surface area contributed by atoms with Crippen LogP contribution in [0.25, 0.3) is 0 Å². The third-order valence-corrected chi connectivity index (χ3v) is 3.52. The maximum Gasteiger partial charge on any atom is 0.157 e. The average molecular weight is 290 g/mol. The van der Waals surface area contributed by atoms with Gasteiger partial charge in [0.2, 0.25) is 0 Å². The Morgan fingerprint density at radius 3 is 2.38 bits per heavy atom. The molecule has 1 aliphatic heterocycles. The van der Waals surface area contributed by atoms with Gasteiger partial charge in [0, 0.05) is 18.6 Å². The van der Waals surface area contributed by atoms with Crippen LogP contribution in [-0.2, 0) is 0 Å². The normalized spacial score (nSPS) is 20.6. The minimum absolute atomic E-state index is 0.173. The molecule has 0 amide bonds. The summed E-state index contributed by atoms with van der Waals surface area (Å²) in [6.45, 7) is 0. The van der Waals surface area contributed by atoms with Crippen molar-refractivity contribution < 1.29 is 30.3 Å². The molecule has 0 aliphatic carbocycles. The molecule has 21 heavy (non-hydrogen) atoms. The van der Waals surface area contributed by atoms with E-state index in [0.29, 0.717) is 5.56 Å². The van der Waals surface area contributed by atoms with E-state index in [0.717, 1.165) is 6.07 Å². The van der Waals surface area contributed by atoms with Crippen LogP contribution in [0.2, 0.25) is 0 Å². The number of aliphatic hydroxyl groups excluding tert-OH is 1. The predicted molar refractivity (Wildman–Crippen MR) is 72.5 cm³/mol. The Morgan fingerprint density at radius 2 is 1.67 bits per heavy atom. The summed E-state index contributed by atoms with van der Waals surface area (Å²) in [5.41, 5.74) is 0.796. The summed E-state index contributed by atoms with van der Waals surface area (Å²) >= 11 is 0. The van der Waals surface area contributed by atoms with Gasteiger partial charge in [-0.15, -0.1) is 0 Å². The molecule has 1 aliphatic rings. The minimum atomic E-state index is -0.963. The van der Waals surface area contributed by atoms with Crippen molar-refractivity contribution in [1.29, 1.82) is 0 Å². The number of ether oxygens (including phenoxy) is 1. The fourth-order valence-corrected chi connectivity index (χ4v) is 2.50. The number of aliphatic hydroxyl groups is 1. The van der Waals surface area contributed by atoms with Gasteiger partial charge in [-0.25, -0.2) is 0 Å². The monoisotopic (exact) mass is 290 g/mol. The second-order valence-electron chi connectivity index (χ2n) is 4.98. The number of aromatic hydroxyl groups is 4. The number of phenolic OH excluding ortho intramolecular Hbond substituents is 4. The number of phenols is 4. The van der Waals surface area contributed by atoms with Crippen molar-refractivity contribution in [2.75, 3.05) is 0 Å². The van der Waals surface area contributed by atoms with E-state index in [4.69, 9.17) is 4.74 Å². The van der Waals surface area contributed by atoms with Crippen molar-refractivity contribution in [3.05, 3.63) is 41.5 Å². The Balaban J connectivity index is 1.99. The molecule has 3 rings (SSSR count). The summed E-state index contributed by atoms with van der Waals surface area (Å²) < 4.78 is 5.67. The van der Waals surface area contributed by atoms with Crippen LogP contribution in [0.3, 0.4) is 0 Å². The van der Waals surface area contributed by atoms with Gasteiger partial charge in [-0.1, -0.05) is 6.07 Å². The third-order valence-electron chi connectivity index (χ3n) is 3.52. The average Bonchev–Trinajstić information content (AvgIpc) is 2.40. The van der Waals surface area contributed by atoms with Gasteiger partial charge in [0.05, 0.1) is 11.7 Å². The molecular formula is C15H14O6. The van der Waals surface area contributed by atoms with Crippen molar-refractivity contribution in [3.63, 3.8) is 0 Å². The van der Waals surface area contributed by atoms with Crippen molar-refractivity contribution in [1.82, 2.24) is 0 Å². The highest BCUT2D eigenvalue weighted by Gasteiger charge is 2.31. The number of benzene rings is 2. The topological polar surface area (TPSA) is 110 Å². The number of hydrogen-bond donors (Lipinski definition) is 5. The standard InChI is InChI=1S/C15H14O6/c16-8-4-11(19)15-12(20)6-13(21-14(15)5-8)7-1-2-9(17)10(18)3-7/h1-5,12-13,16-20H,6H2/t12-,13-/m0/s1. The molecule has 6 nitrogen and oxygen atoms in total. The first-order valence-electron chi connectivity index (χ1n) is 6.38. The van der Waals surface area contributed by atoms with Crippen LogP contribution in [0.5, 0.6) is 28.7 Å². The van der Waals surface area contributed by atoms with E-state index in [1.165, 1.54) is 18.2 Å². The summed E-state index contributed by atoms with van der Waals surface area (Å²) in [6, 6.07) is 6.69. The lowest BCUT2D eigenvalue weighted by Crippen LogP contribution is -2.19. The smallest absolute Gasteiger partial charge is 0.157 e. The lowest BCUT2D eigenvalue weighted by atomic mass is 9.94. The van der Waals surface area contributed by atoms with Gasteiger partial charge in [0.25, 0.3) is 0 Å². The lowest BCUT2D eigenvalue weighted by molar-refractivity contribution is 0.0630. The predicted octanol–water partition coefficient (Wildman–Crippen LogP) is 2.07. The zero-order valence-corrected chi connectivity index (χ0v) is 10.9. The Morgan fingerprint density at radius 1 is 0.905 bits per heavy atom.